The number of amides is 1. The number of terminal acetylenes is 1. The SMILES string of the molecule is C#CCCN(C(=O)OCc1ccccc1)C1CC1. The molecule has 0 aromatic heterocycles. The van der Waals surface area contributed by atoms with Gasteiger partial charge in [-0.1, -0.05) is 30.3 Å². The van der Waals surface area contributed by atoms with E-state index in [2.05, 4.69) is 5.92 Å². The van der Waals surface area contributed by atoms with Crippen LogP contribution in [0.5, 0.6) is 0 Å². The molecule has 1 saturated carbocycles. The number of nitrogens with zero attached hydrogens (tertiary/aromatic N) is 1. The molecule has 1 aromatic rings. The predicted molar refractivity (Wildman–Crippen MR) is 69.8 cm³/mol. The van der Waals surface area contributed by atoms with Gasteiger partial charge < -0.3 is 9.64 Å². The fourth-order valence-electron chi connectivity index (χ4n) is 1.80. The van der Waals surface area contributed by atoms with E-state index in [9.17, 15) is 4.79 Å². The summed E-state index contributed by atoms with van der Waals surface area (Å²) in [6.45, 7) is 0.910. The van der Waals surface area contributed by atoms with Gasteiger partial charge in [0.2, 0.25) is 0 Å². The highest BCUT2D eigenvalue weighted by Crippen LogP contribution is 2.27. The minimum Gasteiger partial charge on any atom is -0.445 e. The van der Waals surface area contributed by atoms with Crippen molar-refractivity contribution < 1.29 is 9.53 Å². The topological polar surface area (TPSA) is 29.5 Å². The van der Waals surface area contributed by atoms with Crippen LogP contribution in [0, 0.1) is 12.3 Å². The van der Waals surface area contributed by atoms with Crippen LogP contribution in [0.4, 0.5) is 4.79 Å². The van der Waals surface area contributed by atoms with Gasteiger partial charge in [-0.15, -0.1) is 12.3 Å². The van der Waals surface area contributed by atoms with Crippen molar-refractivity contribution in [2.24, 2.45) is 0 Å². The number of benzene rings is 1. The lowest BCUT2D eigenvalue weighted by Gasteiger charge is -2.20. The summed E-state index contributed by atoms with van der Waals surface area (Å²) in [7, 11) is 0. The van der Waals surface area contributed by atoms with Crippen LogP contribution in [-0.4, -0.2) is 23.6 Å². The molecule has 0 spiro atoms. The molecular formula is C15H17NO2. The molecule has 3 heteroatoms. The lowest BCUT2D eigenvalue weighted by atomic mass is 10.2. The van der Waals surface area contributed by atoms with Crippen LogP contribution in [0.1, 0.15) is 24.8 Å². The second kappa shape index (κ2) is 6.11. The van der Waals surface area contributed by atoms with Crippen LogP contribution in [-0.2, 0) is 11.3 Å². The molecule has 1 fully saturated rings. The second-order valence-corrected chi connectivity index (χ2v) is 4.42. The first-order chi connectivity index (χ1) is 8.81. The highest BCUT2D eigenvalue weighted by atomic mass is 16.6. The first kappa shape index (κ1) is 12.5. The van der Waals surface area contributed by atoms with E-state index in [0.717, 1.165) is 18.4 Å². The van der Waals surface area contributed by atoms with Gasteiger partial charge in [0.15, 0.2) is 0 Å². The average molecular weight is 243 g/mol. The van der Waals surface area contributed by atoms with Crippen molar-refractivity contribution >= 4 is 6.09 Å². The standard InChI is InChI=1S/C15H17NO2/c1-2-3-11-16(14-9-10-14)15(17)18-12-13-7-5-4-6-8-13/h1,4-8,14H,3,9-12H2. The molecule has 0 atom stereocenters. The van der Waals surface area contributed by atoms with E-state index in [1.165, 1.54) is 0 Å². The van der Waals surface area contributed by atoms with Crippen LogP contribution in [0.2, 0.25) is 0 Å². The van der Waals surface area contributed by atoms with E-state index in [-0.39, 0.29) is 6.09 Å². The normalized spacial score (nSPS) is 13.7. The lowest BCUT2D eigenvalue weighted by molar-refractivity contribution is 0.0944. The minimum absolute atomic E-state index is 0.253. The zero-order valence-corrected chi connectivity index (χ0v) is 10.3. The summed E-state index contributed by atoms with van der Waals surface area (Å²) in [5.74, 6) is 2.56. The van der Waals surface area contributed by atoms with Crippen molar-refractivity contribution in [1.82, 2.24) is 4.90 Å². The molecule has 0 radical (unpaired) electrons. The number of rotatable bonds is 5. The quantitative estimate of drug-likeness (QED) is 0.744. The van der Waals surface area contributed by atoms with Crippen LogP contribution in [0.3, 0.4) is 0 Å². The Morgan fingerprint density at radius 2 is 2.11 bits per heavy atom. The Hall–Kier alpha value is -1.95. The maximum atomic E-state index is 11.9. The van der Waals surface area contributed by atoms with E-state index in [1.54, 1.807) is 4.90 Å². The molecular weight excluding hydrogens is 226 g/mol. The van der Waals surface area contributed by atoms with E-state index >= 15 is 0 Å². The summed E-state index contributed by atoms with van der Waals surface area (Å²) in [5, 5.41) is 0. The average Bonchev–Trinajstić information content (AvgIpc) is 3.22. The zero-order chi connectivity index (χ0) is 12.8. The molecule has 0 aliphatic heterocycles. The Morgan fingerprint density at radius 3 is 2.72 bits per heavy atom. The van der Waals surface area contributed by atoms with Crippen LogP contribution in [0.15, 0.2) is 30.3 Å². The van der Waals surface area contributed by atoms with E-state index < -0.39 is 0 Å². The van der Waals surface area contributed by atoms with Gasteiger partial charge in [-0.2, -0.15) is 0 Å². The molecule has 2 rings (SSSR count). The molecule has 0 unspecified atom stereocenters. The van der Waals surface area contributed by atoms with Gasteiger partial charge in [-0.05, 0) is 18.4 Å². The van der Waals surface area contributed by atoms with Crippen molar-refractivity contribution in [1.29, 1.82) is 0 Å². The van der Waals surface area contributed by atoms with Crippen molar-refractivity contribution in [3.8, 4) is 12.3 Å². The first-order valence-corrected chi connectivity index (χ1v) is 6.22. The fraction of sp³-hybridized carbons (Fsp3) is 0.400. The van der Waals surface area contributed by atoms with Gasteiger partial charge in [-0.3, -0.25) is 0 Å². The van der Waals surface area contributed by atoms with Crippen LogP contribution in [0.25, 0.3) is 0 Å². The molecule has 1 aromatic carbocycles. The Bertz CT molecular complexity index is 432. The zero-order valence-electron chi connectivity index (χ0n) is 10.3. The Labute approximate surface area is 108 Å². The van der Waals surface area contributed by atoms with Gasteiger partial charge in [-0.25, -0.2) is 4.79 Å². The first-order valence-electron chi connectivity index (χ1n) is 6.22. The highest BCUT2D eigenvalue weighted by Gasteiger charge is 2.32. The number of ether oxygens (including phenoxy) is 1. The van der Waals surface area contributed by atoms with Gasteiger partial charge in [0, 0.05) is 19.0 Å². The van der Waals surface area contributed by atoms with E-state index in [1.807, 2.05) is 30.3 Å². The third-order valence-electron chi connectivity index (χ3n) is 2.92. The van der Waals surface area contributed by atoms with E-state index in [4.69, 9.17) is 11.2 Å². The third-order valence-corrected chi connectivity index (χ3v) is 2.92. The highest BCUT2D eigenvalue weighted by molar-refractivity contribution is 5.68. The lowest BCUT2D eigenvalue weighted by Crippen LogP contribution is -2.34. The number of carbonyl (C=O) groups is 1. The predicted octanol–water partition coefficient (Wildman–Crippen LogP) is 2.81. The van der Waals surface area contributed by atoms with Gasteiger partial charge in [0.05, 0.1) is 0 Å². The second-order valence-electron chi connectivity index (χ2n) is 4.42. The summed E-state index contributed by atoms with van der Waals surface area (Å²) in [6.07, 6.45) is 7.68. The molecule has 0 heterocycles. The van der Waals surface area contributed by atoms with Crippen LogP contribution < -0.4 is 0 Å². The summed E-state index contributed by atoms with van der Waals surface area (Å²) in [5.41, 5.74) is 0.999. The molecule has 0 N–H and O–H groups in total. The maximum Gasteiger partial charge on any atom is 0.410 e. The largest absolute Gasteiger partial charge is 0.445 e. The van der Waals surface area contributed by atoms with Crippen molar-refractivity contribution in [2.75, 3.05) is 6.54 Å². The maximum absolute atomic E-state index is 11.9. The third kappa shape index (κ3) is 3.53. The minimum atomic E-state index is -0.253. The molecule has 1 amide bonds. The van der Waals surface area contributed by atoms with Crippen molar-refractivity contribution in [3.63, 3.8) is 0 Å². The number of hydrogen-bond acceptors (Lipinski definition) is 2. The Morgan fingerprint density at radius 1 is 1.39 bits per heavy atom. The molecule has 0 bridgehead atoms. The molecule has 94 valence electrons. The van der Waals surface area contributed by atoms with Crippen LogP contribution >= 0.6 is 0 Å². The Balaban J connectivity index is 1.84. The number of hydrogen-bond donors (Lipinski definition) is 0. The van der Waals surface area contributed by atoms with Gasteiger partial charge >= 0.3 is 6.09 Å². The molecule has 3 nitrogen and oxygen atoms in total. The molecule has 18 heavy (non-hydrogen) atoms. The Kier molecular flexibility index (Phi) is 4.25. The molecule has 1 aliphatic rings. The molecule has 1 aliphatic carbocycles. The van der Waals surface area contributed by atoms with E-state index in [0.29, 0.717) is 25.6 Å². The van der Waals surface area contributed by atoms with Crippen molar-refractivity contribution in [3.05, 3.63) is 35.9 Å². The molecule has 0 saturated heterocycles. The summed E-state index contributed by atoms with van der Waals surface area (Å²) in [6, 6.07) is 10.0. The monoisotopic (exact) mass is 243 g/mol. The van der Waals surface area contributed by atoms with Crippen molar-refractivity contribution in [2.45, 2.75) is 31.9 Å². The van der Waals surface area contributed by atoms with Gasteiger partial charge in [0.1, 0.15) is 6.61 Å². The summed E-state index contributed by atoms with van der Waals surface area (Å²) < 4.78 is 5.31. The summed E-state index contributed by atoms with van der Waals surface area (Å²) >= 11 is 0. The number of carbonyl (C=O) groups excluding carboxylic acids is 1. The fourth-order valence-corrected chi connectivity index (χ4v) is 1.80. The smallest absolute Gasteiger partial charge is 0.410 e. The summed E-state index contributed by atoms with van der Waals surface area (Å²) in [4.78, 5) is 13.7. The van der Waals surface area contributed by atoms with Gasteiger partial charge in [0.25, 0.3) is 0 Å².